The molecule has 0 radical (unpaired) electrons. The van der Waals surface area contributed by atoms with Crippen LogP contribution >= 0.6 is 23.2 Å². The normalized spacial score (nSPS) is 11.0. The van der Waals surface area contributed by atoms with Gasteiger partial charge in [0.2, 0.25) is 0 Å². The number of pyridine rings is 1. The molecule has 0 amide bonds. The quantitative estimate of drug-likeness (QED) is 0.781. The lowest BCUT2D eigenvalue weighted by Crippen LogP contribution is -2.21. The molecule has 7 heteroatoms. The molecule has 112 valence electrons. The highest BCUT2D eigenvalue weighted by Gasteiger charge is 2.15. The summed E-state index contributed by atoms with van der Waals surface area (Å²) in [6, 6.07) is 5.05. The summed E-state index contributed by atoms with van der Waals surface area (Å²) < 4.78 is 1.43. The molecule has 0 saturated heterocycles. The van der Waals surface area contributed by atoms with E-state index in [1.807, 2.05) is 19.1 Å². The van der Waals surface area contributed by atoms with E-state index in [-0.39, 0.29) is 32.3 Å². The zero-order valence-electron chi connectivity index (χ0n) is 11.5. The number of benzene rings is 1. The van der Waals surface area contributed by atoms with E-state index < -0.39 is 0 Å². The van der Waals surface area contributed by atoms with Crippen molar-refractivity contribution in [3.05, 3.63) is 62.4 Å². The summed E-state index contributed by atoms with van der Waals surface area (Å²) >= 11 is 11.9. The molecule has 0 unspecified atom stereocenters. The first-order valence-electron chi connectivity index (χ1n) is 6.45. The topological polar surface area (TPSA) is 68.0 Å². The minimum absolute atomic E-state index is 0.0620. The molecule has 2 heterocycles. The van der Waals surface area contributed by atoms with Gasteiger partial charge in [0.05, 0.1) is 28.3 Å². The first kappa shape index (κ1) is 14.8. The van der Waals surface area contributed by atoms with E-state index in [1.165, 1.54) is 17.0 Å². The maximum atomic E-state index is 12.6. The van der Waals surface area contributed by atoms with Crippen molar-refractivity contribution in [1.29, 1.82) is 0 Å². The Labute approximate surface area is 135 Å². The molecule has 0 aliphatic carbocycles. The Morgan fingerprint density at radius 1 is 1.23 bits per heavy atom. The third kappa shape index (κ3) is 2.53. The van der Waals surface area contributed by atoms with Gasteiger partial charge in [0, 0.05) is 11.9 Å². The number of phenolic OH excluding ortho intramolecular Hbond substituents is 1. The lowest BCUT2D eigenvalue weighted by molar-refractivity contribution is 0.480. The lowest BCUT2D eigenvalue weighted by atomic mass is 10.2. The van der Waals surface area contributed by atoms with Gasteiger partial charge in [-0.2, -0.15) is 0 Å². The van der Waals surface area contributed by atoms with Gasteiger partial charge in [-0.05, 0) is 30.7 Å². The Morgan fingerprint density at radius 2 is 2.00 bits per heavy atom. The fraction of sp³-hybridized carbons (Fsp3) is 0.133. The van der Waals surface area contributed by atoms with Gasteiger partial charge in [-0.1, -0.05) is 23.2 Å². The van der Waals surface area contributed by atoms with E-state index in [2.05, 4.69) is 9.97 Å². The Bertz CT molecular complexity index is 938. The monoisotopic (exact) mass is 335 g/mol. The molecule has 22 heavy (non-hydrogen) atoms. The van der Waals surface area contributed by atoms with Crippen LogP contribution in [-0.4, -0.2) is 19.6 Å². The van der Waals surface area contributed by atoms with Crippen molar-refractivity contribution < 1.29 is 5.11 Å². The standard InChI is InChI=1S/C15H11Cl2N3O2/c1-8-4-9(2-3-18-8)6-20-7-19-13-12(15(20)22)10(16)5-11(17)14(13)21/h2-5,7,21H,6H2,1H3. The van der Waals surface area contributed by atoms with Crippen molar-refractivity contribution in [1.82, 2.24) is 14.5 Å². The minimum atomic E-state index is -0.337. The van der Waals surface area contributed by atoms with Gasteiger partial charge >= 0.3 is 0 Å². The number of aromatic nitrogens is 3. The van der Waals surface area contributed by atoms with Crippen LogP contribution in [0.1, 0.15) is 11.3 Å². The molecule has 0 fully saturated rings. The summed E-state index contributed by atoms with van der Waals surface area (Å²) in [5, 5.41) is 10.3. The van der Waals surface area contributed by atoms with Crippen LogP contribution in [-0.2, 0) is 6.54 Å². The van der Waals surface area contributed by atoms with E-state index >= 15 is 0 Å². The van der Waals surface area contributed by atoms with Crippen LogP contribution in [0.2, 0.25) is 10.0 Å². The number of nitrogens with zero attached hydrogens (tertiary/aromatic N) is 3. The largest absolute Gasteiger partial charge is 0.504 e. The van der Waals surface area contributed by atoms with E-state index in [1.54, 1.807) is 6.20 Å². The van der Waals surface area contributed by atoms with E-state index in [0.29, 0.717) is 6.54 Å². The Kier molecular flexibility index (Phi) is 3.76. The molecular weight excluding hydrogens is 325 g/mol. The van der Waals surface area contributed by atoms with Gasteiger partial charge in [0.25, 0.3) is 5.56 Å². The van der Waals surface area contributed by atoms with Gasteiger partial charge in [-0.25, -0.2) is 4.98 Å². The van der Waals surface area contributed by atoms with Gasteiger partial charge in [-0.3, -0.25) is 14.3 Å². The van der Waals surface area contributed by atoms with Crippen LogP contribution in [0.3, 0.4) is 0 Å². The fourth-order valence-electron chi connectivity index (χ4n) is 2.26. The fourth-order valence-corrected chi connectivity index (χ4v) is 2.79. The van der Waals surface area contributed by atoms with Gasteiger partial charge in [0.15, 0.2) is 5.75 Å². The van der Waals surface area contributed by atoms with Gasteiger partial charge in [-0.15, -0.1) is 0 Å². The van der Waals surface area contributed by atoms with Crippen molar-refractivity contribution in [3.63, 3.8) is 0 Å². The first-order valence-corrected chi connectivity index (χ1v) is 7.20. The number of aryl methyl sites for hydroxylation is 1. The van der Waals surface area contributed by atoms with Gasteiger partial charge in [0.1, 0.15) is 5.52 Å². The summed E-state index contributed by atoms with van der Waals surface area (Å²) in [6.45, 7) is 2.21. The van der Waals surface area contributed by atoms with Gasteiger partial charge < -0.3 is 5.11 Å². The molecule has 5 nitrogen and oxygen atoms in total. The second-order valence-electron chi connectivity index (χ2n) is 4.90. The van der Waals surface area contributed by atoms with E-state index in [0.717, 1.165) is 11.3 Å². The molecule has 0 atom stereocenters. The maximum absolute atomic E-state index is 12.6. The molecular formula is C15H11Cl2N3O2. The molecule has 1 aromatic carbocycles. The zero-order chi connectivity index (χ0) is 15.9. The summed E-state index contributed by atoms with van der Waals surface area (Å²) in [6.07, 6.45) is 3.05. The molecule has 0 saturated carbocycles. The number of aromatic hydroxyl groups is 1. The molecule has 0 spiro atoms. The number of fused-ring (bicyclic) bond motifs is 1. The molecule has 1 N–H and O–H groups in total. The van der Waals surface area contributed by atoms with Crippen molar-refractivity contribution in [2.75, 3.05) is 0 Å². The number of rotatable bonds is 2. The average Bonchev–Trinajstić information content (AvgIpc) is 2.47. The maximum Gasteiger partial charge on any atom is 0.263 e. The van der Waals surface area contributed by atoms with Crippen molar-refractivity contribution in [3.8, 4) is 5.75 Å². The second-order valence-corrected chi connectivity index (χ2v) is 5.71. The smallest absolute Gasteiger partial charge is 0.263 e. The molecule has 3 aromatic rings. The van der Waals surface area contributed by atoms with Crippen molar-refractivity contribution in [2.45, 2.75) is 13.5 Å². The second kappa shape index (κ2) is 5.59. The molecule has 0 bridgehead atoms. The summed E-state index contributed by atoms with van der Waals surface area (Å²) in [4.78, 5) is 20.8. The third-order valence-electron chi connectivity index (χ3n) is 3.29. The highest BCUT2D eigenvalue weighted by Crippen LogP contribution is 2.34. The summed E-state index contributed by atoms with van der Waals surface area (Å²) in [5.41, 5.74) is 1.55. The Morgan fingerprint density at radius 3 is 2.73 bits per heavy atom. The highest BCUT2D eigenvalue weighted by molar-refractivity contribution is 6.39. The van der Waals surface area contributed by atoms with E-state index in [9.17, 15) is 9.90 Å². The summed E-state index contributed by atoms with van der Waals surface area (Å²) in [5.74, 6) is -0.245. The minimum Gasteiger partial charge on any atom is -0.504 e. The Balaban J connectivity index is 2.17. The molecule has 3 rings (SSSR count). The average molecular weight is 336 g/mol. The van der Waals surface area contributed by atoms with Crippen molar-refractivity contribution in [2.24, 2.45) is 0 Å². The van der Waals surface area contributed by atoms with E-state index in [4.69, 9.17) is 23.2 Å². The Hall–Kier alpha value is -2.11. The predicted molar refractivity (Wildman–Crippen MR) is 85.8 cm³/mol. The predicted octanol–water partition coefficient (Wildman–Crippen LogP) is 3.16. The van der Waals surface area contributed by atoms with Crippen molar-refractivity contribution >= 4 is 34.1 Å². The number of hydrogen-bond acceptors (Lipinski definition) is 4. The summed E-state index contributed by atoms with van der Waals surface area (Å²) in [7, 11) is 0. The highest BCUT2D eigenvalue weighted by atomic mass is 35.5. The third-order valence-corrected chi connectivity index (χ3v) is 3.88. The van der Waals surface area contributed by atoms with Crippen LogP contribution in [0.25, 0.3) is 10.9 Å². The SMILES string of the molecule is Cc1cc(Cn2cnc3c(O)c(Cl)cc(Cl)c3c2=O)ccn1. The lowest BCUT2D eigenvalue weighted by Gasteiger charge is -2.09. The zero-order valence-corrected chi connectivity index (χ0v) is 13.1. The van der Waals surface area contributed by atoms with Crippen LogP contribution < -0.4 is 5.56 Å². The number of hydrogen-bond donors (Lipinski definition) is 1. The molecule has 0 aliphatic rings. The van der Waals surface area contributed by atoms with Crippen LogP contribution in [0.5, 0.6) is 5.75 Å². The van der Waals surface area contributed by atoms with Crippen LogP contribution in [0.15, 0.2) is 35.5 Å². The first-order chi connectivity index (χ1) is 10.5. The number of phenols is 1. The van der Waals surface area contributed by atoms with Crippen LogP contribution in [0, 0.1) is 6.92 Å². The number of halogens is 2. The molecule has 2 aromatic heterocycles. The van der Waals surface area contributed by atoms with Crippen LogP contribution in [0.4, 0.5) is 0 Å². The molecule has 0 aliphatic heterocycles.